The van der Waals surface area contributed by atoms with Gasteiger partial charge in [-0.25, -0.2) is 4.98 Å². The molecule has 0 unspecified atom stereocenters. The van der Waals surface area contributed by atoms with Crippen LogP contribution in [0.3, 0.4) is 0 Å². The molecule has 0 aliphatic heterocycles. The lowest BCUT2D eigenvalue weighted by molar-refractivity contribution is 0.102. The van der Waals surface area contributed by atoms with Gasteiger partial charge in [-0.2, -0.15) is 5.10 Å². The van der Waals surface area contributed by atoms with Crippen LogP contribution in [0, 0.1) is 0 Å². The number of carbonyl (C=O) groups excluding carboxylic acids is 1. The first-order valence-corrected chi connectivity index (χ1v) is 9.09. The van der Waals surface area contributed by atoms with E-state index in [1.165, 1.54) is 4.68 Å². The molecular formula is C18H23ClN6O. The number of halogens is 1. The summed E-state index contributed by atoms with van der Waals surface area (Å²) >= 11 is 6.09. The van der Waals surface area contributed by atoms with Gasteiger partial charge >= 0.3 is 0 Å². The number of amides is 1. The summed E-state index contributed by atoms with van der Waals surface area (Å²) in [5.41, 5.74) is 2.02. The lowest BCUT2D eigenvalue weighted by atomic mass is 10.3. The molecule has 3 rings (SSSR count). The van der Waals surface area contributed by atoms with Gasteiger partial charge in [0.1, 0.15) is 0 Å². The van der Waals surface area contributed by atoms with E-state index in [2.05, 4.69) is 34.1 Å². The molecule has 8 heteroatoms. The second-order valence-electron chi connectivity index (χ2n) is 6.06. The quantitative estimate of drug-likeness (QED) is 0.690. The van der Waals surface area contributed by atoms with Gasteiger partial charge in [0, 0.05) is 26.3 Å². The normalized spacial score (nSPS) is 11.4. The minimum atomic E-state index is -0.366. The number of aryl methyl sites for hydroxylation is 1. The molecule has 0 saturated heterocycles. The molecule has 0 aliphatic rings. The first-order chi connectivity index (χ1) is 12.5. The summed E-state index contributed by atoms with van der Waals surface area (Å²) < 4.78 is 3.54. The molecule has 0 atom stereocenters. The highest BCUT2D eigenvalue weighted by atomic mass is 35.5. The molecule has 2 aromatic heterocycles. The molecule has 0 bridgehead atoms. The van der Waals surface area contributed by atoms with Crippen LogP contribution >= 0.6 is 11.6 Å². The number of nitrogens with one attached hydrogen (secondary N) is 1. The fraction of sp³-hybridized carbons (Fsp3) is 0.389. The van der Waals surface area contributed by atoms with Crippen molar-refractivity contribution in [1.29, 1.82) is 0 Å². The molecule has 1 N–H and O–H groups in total. The van der Waals surface area contributed by atoms with E-state index < -0.39 is 0 Å². The molecule has 138 valence electrons. The Bertz CT molecular complexity index is 912. The maximum absolute atomic E-state index is 12.6. The van der Waals surface area contributed by atoms with Crippen LogP contribution in [-0.2, 0) is 13.6 Å². The molecular weight excluding hydrogens is 352 g/mol. The molecule has 0 saturated carbocycles. The lowest BCUT2D eigenvalue weighted by Gasteiger charge is -2.19. The van der Waals surface area contributed by atoms with Gasteiger partial charge in [0.05, 0.1) is 16.1 Å². The molecule has 0 fully saturated rings. The second kappa shape index (κ2) is 7.88. The number of benzene rings is 1. The number of imidazole rings is 1. The number of hydrogen-bond donors (Lipinski definition) is 1. The molecule has 0 spiro atoms. The van der Waals surface area contributed by atoms with E-state index in [9.17, 15) is 4.79 Å². The molecule has 0 radical (unpaired) electrons. The van der Waals surface area contributed by atoms with E-state index in [4.69, 9.17) is 11.6 Å². The Morgan fingerprint density at radius 3 is 2.65 bits per heavy atom. The van der Waals surface area contributed by atoms with Crippen LogP contribution in [0.4, 0.5) is 5.95 Å². The standard InChI is InChI=1S/C18H23ClN6O/c1-4-24(5-2)10-11-25-15-9-7-6-8-14(15)20-18(25)21-17(26)16-13(19)12-23(3)22-16/h6-9,12H,4-5,10-11H2,1-3H3,(H,20,21,26). The number of para-hydroxylation sites is 2. The van der Waals surface area contributed by atoms with Gasteiger partial charge in [-0.3, -0.25) is 14.8 Å². The van der Waals surface area contributed by atoms with E-state index in [0.29, 0.717) is 11.0 Å². The van der Waals surface area contributed by atoms with E-state index in [1.807, 2.05) is 28.8 Å². The highest BCUT2D eigenvalue weighted by molar-refractivity contribution is 6.34. The average molecular weight is 375 g/mol. The Labute approximate surface area is 157 Å². The van der Waals surface area contributed by atoms with Crippen molar-refractivity contribution in [3.63, 3.8) is 0 Å². The number of hydrogen-bond acceptors (Lipinski definition) is 4. The summed E-state index contributed by atoms with van der Waals surface area (Å²) in [7, 11) is 1.72. The van der Waals surface area contributed by atoms with Crippen molar-refractivity contribution >= 4 is 34.5 Å². The largest absolute Gasteiger partial charge is 0.309 e. The van der Waals surface area contributed by atoms with Crippen LogP contribution in [0.15, 0.2) is 30.5 Å². The molecule has 0 aliphatic carbocycles. The first-order valence-electron chi connectivity index (χ1n) is 8.71. The van der Waals surface area contributed by atoms with Crippen molar-refractivity contribution < 1.29 is 4.79 Å². The minimum Gasteiger partial charge on any atom is -0.309 e. The highest BCUT2D eigenvalue weighted by Crippen LogP contribution is 2.21. The predicted octanol–water partition coefficient (Wildman–Crippen LogP) is 3.02. The predicted molar refractivity (Wildman–Crippen MR) is 104 cm³/mol. The Kier molecular flexibility index (Phi) is 5.58. The summed E-state index contributed by atoms with van der Waals surface area (Å²) in [6.45, 7) is 7.85. The van der Waals surface area contributed by atoms with Crippen LogP contribution in [-0.4, -0.2) is 49.8 Å². The fourth-order valence-corrected chi connectivity index (χ4v) is 3.22. The lowest BCUT2D eigenvalue weighted by Crippen LogP contribution is -2.27. The van der Waals surface area contributed by atoms with Crippen LogP contribution in [0.5, 0.6) is 0 Å². The number of anilines is 1. The summed E-state index contributed by atoms with van der Waals surface area (Å²) in [5.74, 6) is 0.139. The maximum atomic E-state index is 12.6. The van der Waals surface area contributed by atoms with Gasteiger partial charge in [0.2, 0.25) is 5.95 Å². The van der Waals surface area contributed by atoms with Crippen LogP contribution in [0.2, 0.25) is 5.02 Å². The molecule has 7 nitrogen and oxygen atoms in total. The van der Waals surface area contributed by atoms with E-state index in [1.54, 1.807) is 13.2 Å². The number of carbonyl (C=O) groups is 1. The third-order valence-electron chi connectivity index (χ3n) is 4.41. The molecule has 26 heavy (non-hydrogen) atoms. The number of aromatic nitrogens is 4. The third kappa shape index (κ3) is 3.73. The molecule has 1 amide bonds. The molecule has 3 aromatic rings. The number of likely N-dealkylation sites (N-methyl/N-ethyl adjacent to an activating group) is 1. The molecule has 2 heterocycles. The summed E-state index contributed by atoms with van der Waals surface area (Å²) in [6.07, 6.45) is 1.60. The van der Waals surface area contributed by atoms with Crippen LogP contribution < -0.4 is 5.32 Å². The van der Waals surface area contributed by atoms with Crippen molar-refractivity contribution in [2.75, 3.05) is 25.0 Å². The van der Waals surface area contributed by atoms with E-state index in [0.717, 1.165) is 37.2 Å². The summed E-state index contributed by atoms with van der Waals surface area (Å²) in [5, 5.41) is 7.30. The Hall–Kier alpha value is -2.38. The van der Waals surface area contributed by atoms with Crippen LogP contribution in [0.1, 0.15) is 24.3 Å². The Morgan fingerprint density at radius 2 is 2.00 bits per heavy atom. The second-order valence-corrected chi connectivity index (χ2v) is 6.46. The summed E-state index contributed by atoms with van der Waals surface area (Å²) in [6, 6.07) is 7.85. The van der Waals surface area contributed by atoms with Crippen molar-refractivity contribution in [3.8, 4) is 0 Å². The van der Waals surface area contributed by atoms with Gasteiger partial charge in [-0.15, -0.1) is 0 Å². The zero-order valence-corrected chi connectivity index (χ0v) is 16.0. The van der Waals surface area contributed by atoms with Gasteiger partial charge < -0.3 is 9.47 Å². The average Bonchev–Trinajstić information content (AvgIpc) is 3.15. The zero-order chi connectivity index (χ0) is 18.7. The monoisotopic (exact) mass is 374 g/mol. The zero-order valence-electron chi connectivity index (χ0n) is 15.2. The van der Waals surface area contributed by atoms with Gasteiger partial charge in [-0.1, -0.05) is 37.6 Å². The number of nitrogens with zero attached hydrogens (tertiary/aromatic N) is 5. The minimum absolute atomic E-state index is 0.191. The van der Waals surface area contributed by atoms with Crippen molar-refractivity contribution in [2.45, 2.75) is 20.4 Å². The van der Waals surface area contributed by atoms with Gasteiger partial charge in [0.25, 0.3) is 5.91 Å². The first kappa shape index (κ1) is 18.4. The van der Waals surface area contributed by atoms with Crippen molar-refractivity contribution in [3.05, 3.63) is 41.2 Å². The molecule has 1 aromatic carbocycles. The summed E-state index contributed by atoms with van der Waals surface area (Å²) in [4.78, 5) is 19.5. The third-order valence-corrected chi connectivity index (χ3v) is 4.69. The number of fused-ring (bicyclic) bond motifs is 1. The van der Waals surface area contributed by atoms with Crippen molar-refractivity contribution in [1.82, 2.24) is 24.2 Å². The van der Waals surface area contributed by atoms with E-state index >= 15 is 0 Å². The maximum Gasteiger partial charge on any atom is 0.280 e. The van der Waals surface area contributed by atoms with Crippen molar-refractivity contribution in [2.24, 2.45) is 7.05 Å². The van der Waals surface area contributed by atoms with Gasteiger partial charge in [-0.05, 0) is 25.2 Å². The fourth-order valence-electron chi connectivity index (χ4n) is 2.95. The Morgan fingerprint density at radius 1 is 1.27 bits per heavy atom. The number of rotatable bonds is 7. The Balaban J connectivity index is 1.90. The topological polar surface area (TPSA) is 68.0 Å². The highest BCUT2D eigenvalue weighted by Gasteiger charge is 2.19. The smallest absolute Gasteiger partial charge is 0.280 e. The van der Waals surface area contributed by atoms with Gasteiger partial charge in [0.15, 0.2) is 5.69 Å². The SMILES string of the molecule is CCN(CC)CCn1c(NC(=O)c2nn(C)cc2Cl)nc2ccccc21. The van der Waals surface area contributed by atoms with E-state index in [-0.39, 0.29) is 11.6 Å². The van der Waals surface area contributed by atoms with Crippen LogP contribution in [0.25, 0.3) is 11.0 Å².